The smallest absolute Gasteiger partial charge is 0.196 e. The third kappa shape index (κ3) is 13.6. The standard InChI is InChI=1S/C6H7NO6S2.2C6H15N/c8-14(9,10)7(15(11,12)13)6-4-2-1-3-5-6;2*1-4-7(5-2)6-3/h1-5H,(H,8,9,10)(H,11,12,13);2*4-6H2,1-3H3. The first-order chi connectivity index (χ1) is 13.4. The number of rotatable bonds is 9. The number of nitrogens with zero attached hydrogens (tertiary/aromatic N) is 1. The third-order valence-electron chi connectivity index (χ3n) is 4.37. The van der Waals surface area contributed by atoms with E-state index in [1.165, 1.54) is 57.5 Å². The van der Waals surface area contributed by atoms with Gasteiger partial charge in [-0.3, -0.25) is 0 Å². The Kier molecular flexibility index (Phi) is 16.1. The van der Waals surface area contributed by atoms with Gasteiger partial charge < -0.3 is 18.9 Å². The van der Waals surface area contributed by atoms with Crippen molar-refractivity contribution in [1.29, 1.82) is 0 Å². The lowest BCUT2D eigenvalue weighted by Gasteiger charge is -2.28. The van der Waals surface area contributed by atoms with Gasteiger partial charge in [-0.2, -0.15) is 3.71 Å². The van der Waals surface area contributed by atoms with E-state index in [1.807, 2.05) is 0 Å². The molecule has 0 bridgehead atoms. The van der Waals surface area contributed by atoms with Crippen LogP contribution in [0.25, 0.3) is 0 Å². The summed E-state index contributed by atoms with van der Waals surface area (Å²) in [5, 5.41) is 0. The Labute approximate surface area is 177 Å². The molecule has 1 aromatic rings. The van der Waals surface area contributed by atoms with E-state index in [4.69, 9.17) is 0 Å². The normalized spacial score (nSPS) is 11.4. The van der Waals surface area contributed by atoms with Gasteiger partial charge in [0.1, 0.15) is 0 Å². The van der Waals surface area contributed by atoms with Crippen LogP contribution in [0.5, 0.6) is 0 Å². The molecule has 0 amide bonds. The van der Waals surface area contributed by atoms with Crippen molar-refractivity contribution >= 4 is 26.3 Å². The van der Waals surface area contributed by atoms with Gasteiger partial charge in [0.05, 0.1) is 45.0 Å². The molecule has 0 spiro atoms. The molecule has 1 rings (SSSR count). The average Bonchev–Trinajstić information content (AvgIpc) is 2.64. The van der Waals surface area contributed by atoms with E-state index in [0.29, 0.717) is 0 Å². The second-order valence-electron chi connectivity index (χ2n) is 6.07. The van der Waals surface area contributed by atoms with Crippen LogP contribution in [0.15, 0.2) is 30.3 Å². The Balaban J connectivity index is 0. The lowest BCUT2D eigenvalue weighted by atomic mass is 10.3. The second kappa shape index (κ2) is 15.6. The van der Waals surface area contributed by atoms with E-state index < -0.39 is 30.0 Å². The van der Waals surface area contributed by atoms with Gasteiger partial charge in [0.15, 0.2) is 20.6 Å². The van der Waals surface area contributed by atoms with E-state index >= 15 is 0 Å². The SMILES string of the molecule is CC[NH+](CC)CC.CC[NH+](CC)CC.O=S(=O)([O-])N(c1ccccc1)S(=O)(=O)[O-]. The van der Waals surface area contributed by atoms with Gasteiger partial charge in [0, 0.05) is 0 Å². The first kappa shape index (κ1) is 30.0. The molecular weight excluding hydrogens is 418 g/mol. The fourth-order valence-electron chi connectivity index (χ4n) is 2.42. The van der Waals surface area contributed by atoms with Crippen LogP contribution in [0.3, 0.4) is 0 Å². The van der Waals surface area contributed by atoms with Crippen LogP contribution in [0.4, 0.5) is 5.69 Å². The zero-order valence-corrected chi connectivity index (χ0v) is 20.0. The van der Waals surface area contributed by atoms with Gasteiger partial charge >= 0.3 is 0 Å². The molecule has 0 aliphatic carbocycles. The molecule has 0 aromatic heterocycles. The summed E-state index contributed by atoms with van der Waals surface area (Å²) in [6.45, 7) is 21.0. The Morgan fingerprint density at radius 2 is 0.931 bits per heavy atom. The summed E-state index contributed by atoms with van der Waals surface area (Å²) < 4.78 is 62.7. The number of quaternary nitrogens is 2. The van der Waals surface area contributed by atoms with Crippen molar-refractivity contribution < 1.29 is 35.7 Å². The molecule has 0 saturated carbocycles. The summed E-state index contributed by atoms with van der Waals surface area (Å²) in [6.07, 6.45) is 0. The maximum atomic E-state index is 10.6. The van der Waals surface area contributed by atoms with Crippen LogP contribution < -0.4 is 13.5 Å². The third-order valence-corrected chi connectivity index (χ3v) is 6.70. The monoisotopic (exact) mass is 455 g/mol. The summed E-state index contributed by atoms with van der Waals surface area (Å²) >= 11 is 0. The summed E-state index contributed by atoms with van der Waals surface area (Å²) in [7, 11) is -10.8. The predicted molar refractivity (Wildman–Crippen MR) is 113 cm³/mol. The molecule has 29 heavy (non-hydrogen) atoms. The lowest BCUT2D eigenvalue weighted by Crippen LogP contribution is -3.11. The van der Waals surface area contributed by atoms with Crippen LogP contribution in [-0.2, 0) is 20.6 Å². The topological polar surface area (TPSA) is 127 Å². The number of hydrogen-bond donors (Lipinski definition) is 2. The molecule has 172 valence electrons. The van der Waals surface area contributed by atoms with Crippen molar-refractivity contribution in [2.75, 3.05) is 43.0 Å². The van der Waals surface area contributed by atoms with Crippen molar-refractivity contribution in [2.24, 2.45) is 0 Å². The van der Waals surface area contributed by atoms with Crippen molar-refractivity contribution in [2.45, 2.75) is 41.5 Å². The Morgan fingerprint density at radius 3 is 1.10 bits per heavy atom. The number of nitrogens with one attached hydrogen (secondary N) is 2. The molecule has 0 aliphatic rings. The summed E-state index contributed by atoms with van der Waals surface area (Å²) in [5.74, 6) is 0. The number of anilines is 1. The largest absolute Gasteiger partial charge is 0.730 e. The molecule has 11 heteroatoms. The van der Waals surface area contributed by atoms with Crippen molar-refractivity contribution in [3.05, 3.63) is 30.3 Å². The van der Waals surface area contributed by atoms with Gasteiger partial charge in [-0.05, 0) is 53.7 Å². The molecule has 1 aromatic carbocycles. The molecule has 9 nitrogen and oxygen atoms in total. The Morgan fingerprint density at radius 1 is 0.655 bits per heavy atom. The fraction of sp³-hybridized carbons (Fsp3) is 0.667. The first-order valence-corrected chi connectivity index (χ1v) is 12.6. The van der Waals surface area contributed by atoms with Crippen LogP contribution in [0.1, 0.15) is 41.5 Å². The Bertz CT molecular complexity index is 664. The van der Waals surface area contributed by atoms with Crippen molar-refractivity contribution in [3.63, 3.8) is 0 Å². The molecule has 0 saturated heterocycles. The second-order valence-corrected chi connectivity index (χ2v) is 8.74. The molecule has 2 N–H and O–H groups in total. The average molecular weight is 456 g/mol. The molecule has 0 fully saturated rings. The number of benzene rings is 1. The van der Waals surface area contributed by atoms with Crippen LogP contribution >= 0.6 is 0 Å². The van der Waals surface area contributed by atoms with E-state index in [9.17, 15) is 25.9 Å². The highest BCUT2D eigenvalue weighted by Crippen LogP contribution is 2.19. The lowest BCUT2D eigenvalue weighted by molar-refractivity contribution is -0.894. The molecule has 0 heterocycles. The zero-order valence-electron chi connectivity index (χ0n) is 18.3. The molecule has 0 atom stereocenters. The van der Waals surface area contributed by atoms with E-state index in [-0.39, 0.29) is 0 Å². The van der Waals surface area contributed by atoms with Crippen molar-refractivity contribution in [3.8, 4) is 0 Å². The quantitative estimate of drug-likeness (QED) is 0.473. The summed E-state index contributed by atoms with van der Waals surface area (Å²) in [5.41, 5.74) is -0.512. The maximum Gasteiger partial charge on any atom is 0.196 e. The van der Waals surface area contributed by atoms with Crippen LogP contribution in [0.2, 0.25) is 0 Å². The molecule has 0 unspecified atom stereocenters. The number of hydrogen-bond acceptors (Lipinski definition) is 6. The summed E-state index contributed by atoms with van der Waals surface area (Å²) in [4.78, 5) is 3.36. The minimum atomic E-state index is -5.39. The molecule has 0 radical (unpaired) electrons. The van der Waals surface area contributed by atoms with Crippen LogP contribution in [0, 0.1) is 0 Å². The van der Waals surface area contributed by atoms with Gasteiger partial charge in [-0.25, -0.2) is 16.8 Å². The summed E-state index contributed by atoms with van der Waals surface area (Å²) in [6, 6.07) is 6.09. The fourth-order valence-corrected chi connectivity index (χ4v) is 4.07. The minimum absolute atomic E-state index is 0.512. The predicted octanol–water partition coefficient (Wildman–Crippen LogP) is -0.725. The van der Waals surface area contributed by atoms with Gasteiger partial charge in [0.25, 0.3) is 0 Å². The highest BCUT2D eigenvalue weighted by Gasteiger charge is 2.19. The number of para-hydroxylation sites is 1. The highest BCUT2D eigenvalue weighted by molar-refractivity contribution is 8.05. The van der Waals surface area contributed by atoms with Gasteiger partial charge in [0.2, 0.25) is 0 Å². The van der Waals surface area contributed by atoms with E-state index in [0.717, 1.165) is 12.1 Å². The van der Waals surface area contributed by atoms with Gasteiger partial charge in [-0.15, -0.1) is 0 Å². The van der Waals surface area contributed by atoms with Crippen molar-refractivity contribution in [1.82, 2.24) is 0 Å². The van der Waals surface area contributed by atoms with E-state index in [1.54, 1.807) is 9.80 Å². The van der Waals surface area contributed by atoms with Gasteiger partial charge in [-0.1, -0.05) is 18.2 Å². The van der Waals surface area contributed by atoms with Crippen LogP contribution in [-0.4, -0.2) is 65.2 Å². The first-order valence-electron chi connectivity index (χ1n) is 9.86. The minimum Gasteiger partial charge on any atom is -0.730 e. The maximum absolute atomic E-state index is 10.6. The highest BCUT2D eigenvalue weighted by atomic mass is 32.3. The molecular formula is C18H37N3O6S2. The molecule has 0 aliphatic heterocycles. The van der Waals surface area contributed by atoms with E-state index in [2.05, 4.69) is 41.5 Å². The Hall–Kier alpha value is -1.24. The zero-order chi connectivity index (χ0) is 23.1.